The highest BCUT2D eigenvalue weighted by Crippen LogP contribution is 2.34. The Bertz CT molecular complexity index is 1410. The minimum atomic E-state index is -0.515. The summed E-state index contributed by atoms with van der Waals surface area (Å²) in [6.45, 7) is 9.51. The number of halogens is 1. The predicted octanol–water partition coefficient (Wildman–Crippen LogP) is 6.81. The van der Waals surface area contributed by atoms with Crippen molar-refractivity contribution < 1.29 is 14.3 Å². The Morgan fingerprint density at radius 2 is 2.00 bits per heavy atom. The second-order valence-corrected chi connectivity index (χ2v) is 11.7. The van der Waals surface area contributed by atoms with Crippen LogP contribution in [-0.2, 0) is 22.4 Å². The van der Waals surface area contributed by atoms with Crippen molar-refractivity contribution >= 4 is 41.1 Å². The second-order valence-electron chi connectivity index (χ2n) is 11.4. The molecule has 1 atom stereocenters. The summed E-state index contributed by atoms with van der Waals surface area (Å²) < 4.78 is 13.2. The molecule has 3 N–H and O–H groups in total. The number of hydrogen-bond acceptors (Lipinski definition) is 7. The van der Waals surface area contributed by atoms with Crippen molar-refractivity contribution in [2.24, 2.45) is 0 Å². The zero-order valence-electron chi connectivity index (χ0n) is 23.5. The van der Waals surface area contributed by atoms with E-state index < -0.39 is 5.60 Å². The predicted molar refractivity (Wildman–Crippen MR) is 158 cm³/mol. The van der Waals surface area contributed by atoms with E-state index in [0.717, 1.165) is 54.8 Å². The molecule has 2 aliphatic heterocycles. The van der Waals surface area contributed by atoms with Gasteiger partial charge in [-0.1, -0.05) is 17.7 Å². The molecule has 0 aliphatic carbocycles. The lowest BCUT2D eigenvalue weighted by atomic mass is 9.99. The van der Waals surface area contributed by atoms with Gasteiger partial charge in [0.1, 0.15) is 11.8 Å². The van der Waals surface area contributed by atoms with E-state index in [1.165, 1.54) is 11.8 Å². The Labute approximate surface area is 240 Å². The van der Waals surface area contributed by atoms with E-state index >= 15 is 0 Å². The normalized spacial score (nSPS) is 17.2. The number of amides is 1. The van der Waals surface area contributed by atoms with Crippen molar-refractivity contribution in [2.45, 2.75) is 71.8 Å². The van der Waals surface area contributed by atoms with Crippen molar-refractivity contribution in [2.75, 3.05) is 23.8 Å². The maximum absolute atomic E-state index is 12.5. The summed E-state index contributed by atoms with van der Waals surface area (Å²) in [7, 11) is 0. The Balaban J connectivity index is 1.31. The molecule has 1 unspecified atom stereocenters. The molecule has 1 fully saturated rings. The minimum absolute atomic E-state index is 0.0720. The van der Waals surface area contributed by atoms with Gasteiger partial charge in [-0.2, -0.15) is 0 Å². The summed E-state index contributed by atoms with van der Waals surface area (Å²) in [5, 5.41) is 19.9. The van der Waals surface area contributed by atoms with E-state index in [9.17, 15) is 4.79 Å². The molecule has 9 nitrogen and oxygen atoms in total. The lowest BCUT2D eigenvalue weighted by molar-refractivity contribution is 0.0224. The van der Waals surface area contributed by atoms with Gasteiger partial charge in [0.05, 0.1) is 16.4 Å². The summed E-state index contributed by atoms with van der Waals surface area (Å²) in [5.74, 6) is 0.683. The fraction of sp³-hybridized carbons (Fsp3) is 0.433. The number of hydrogen-bond donors (Lipinski definition) is 3. The van der Waals surface area contributed by atoms with Gasteiger partial charge in [0, 0.05) is 48.9 Å². The number of fused-ring (bicyclic) bond motifs is 1. The number of nitrogens with zero attached hydrogens (tertiary/aromatic N) is 3. The van der Waals surface area contributed by atoms with Crippen molar-refractivity contribution in [1.82, 2.24) is 14.7 Å². The average molecular weight is 565 g/mol. The van der Waals surface area contributed by atoms with Gasteiger partial charge in [-0.25, -0.2) is 9.48 Å². The standard InChI is InChI=1S/C30H37ClN6O3/c1-19-17-37(22-9-8-21-18-36(13-12-20(21)15-22)29(38)40-30(2,3)4)35-28(19)34-25-11-10-24(23(16-32)27(25)31)33-26-7-5-6-14-39-26/h8-11,15-17,26,32-33H,5-7,12-14,18H2,1-4H3,(H,34,35). The number of nitrogens with one attached hydrogen (secondary N) is 3. The summed E-state index contributed by atoms with van der Waals surface area (Å²) >= 11 is 6.74. The first-order chi connectivity index (χ1) is 19.1. The molecule has 3 heterocycles. The smallest absolute Gasteiger partial charge is 0.410 e. The minimum Gasteiger partial charge on any atom is -0.444 e. The van der Waals surface area contributed by atoms with E-state index in [-0.39, 0.29) is 12.3 Å². The molecule has 1 amide bonds. The molecule has 5 rings (SSSR count). The number of aromatic nitrogens is 2. The van der Waals surface area contributed by atoms with Crippen molar-refractivity contribution in [1.29, 1.82) is 5.41 Å². The maximum Gasteiger partial charge on any atom is 0.410 e. The van der Waals surface area contributed by atoms with Crippen LogP contribution >= 0.6 is 11.6 Å². The zero-order valence-corrected chi connectivity index (χ0v) is 24.3. The Hall–Kier alpha value is -3.56. The van der Waals surface area contributed by atoms with Crippen LogP contribution < -0.4 is 10.6 Å². The van der Waals surface area contributed by atoms with E-state index in [0.29, 0.717) is 35.2 Å². The summed E-state index contributed by atoms with van der Waals surface area (Å²) in [5.41, 5.74) is 5.75. The number of ether oxygens (including phenoxy) is 2. The van der Waals surface area contributed by atoms with E-state index in [4.69, 9.17) is 31.6 Å². The van der Waals surface area contributed by atoms with Crippen molar-refractivity contribution in [3.63, 3.8) is 0 Å². The van der Waals surface area contributed by atoms with Gasteiger partial charge >= 0.3 is 6.09 Å². The quantitative estimate of drug-likeness (QED) is 0.284. The highest BCUT2D eigenvalue weighted by atomic mass is 35.5. The van der Waals surface area contributed by atoms with Crippen LogP contribution in [0.25, 0.3) is 5.69 Å². The van der Waals surface area contributed by atoms with Crippen LogP contribution in [0.3, 0.4) is 0 Å². The molecule has 0 saturated carbocycles. The topological polar surface area (TPSA) is 104 Å². The highest BCUT2D eigenvalue weighted by molar-refractivity contribution is 6.36. The lowest BCUT2D eigenvalue weighted by Crippen LogP contribution is -2.39. The highest BCUT2D eigenvalue weighted by Gasteiger charge is 2.26. The first-order valence-corrected chi connectivity index (χ1v) is 14.1. The molecule has 0 spiro atoms. The van der Waals surface area contributed by atoms with Gasteiger partial charge in [-0.3, -0.25) is 0 Å². The summed E-state index contributed by atoms with van der Waals surface area (Å²) in [6.07, 6.45) is 6.75. The molecule has 3 aromatic rings. The van der Waals surface area contributed by atoms with Crippen molar-refractivity contribution in [3.05, 3.63) is 63.8 Å². The van der Waals surface area contributed by atoms with Crippen molar-refractivity contribution in [3.8, 4) is 5.69 Å². The molecule has 2 aliphatic rings. The van der Waals surface area contributed by atoms with Crippen LogP contribution in [-0.4, -0.2) is 52.0 Å². The third kappa shape index (κ3) is 6.26. The molecular weight excluding hydrogens is 528 g/mol. The van der Waals surface area contributed by atoms with Gasteiger partial charge in [-0.05, 0) is 88.8 Å². The fourth-order valence-electron chi connectivity index (χ4n) is 4.99. The van der Waals surface area contributed by atoms with E-state index in [2.05, 4.69) is 22.8 Å². The third-order valence-corrected chi connectivity index (χ3v) is 7.50. The van der Waals surface area contributed by atoms with Crippen LogP contribution in [0.1, 0.15) is 62.3 Å². The average Bonchev–Trinajstić information content (AvgIpc) is 3.29. The van der Waals surface area contributed by atoms with E-state index in [1.54, 1.807) is 4.90 Å². The molecule has 1 aromatic heterocycles. The Morgan fingerprint density at radius 3 is 2.73 bits per heavy atom. The van der Waals surface area contributed by atoms with E-state index in [1.807, 2.05) is 56.8 Å². The van der Waals surface area contributed by atoms with Crippen LogP contribution in [0.2, 0.25) is 5.02 Å². The van der Waals surface area contributed by atoms with Crippen LogP contribution in [0, 0.1) is 12.3 Å². The van der Waals surface area contributed by atoms with Gasteiger partial charge in [0.2, 0.25) is 0 Å². The third-order valence-electron chi connectivity index (χ3n) is 7.09. The van der Waals surface area contributed by atoms with Crippen LogP contribution in [0.15, 0.2) is 36.5 Å². The first kappa shape index (κ1) is 28.0. The monoisotopic (exact) mass is 564 g/mol. The molecule has 0 radical (unpaired) electrons. The number of benzene rings is 2. The molecule has 10 heteroatoms. The number of carbonyl (C=O) groups excluding carboxylic acids is 1. The van der Waals surface area contributed by atoms with Crippen LogP contribution in [0.4, 0.5) is 22.0 Å². The molecule has 1 saturated heterocycles. The molecule has 40 heavy (non-hydrogen) atoms. The number of aryl methyl sites for hydroxylation is 1. The Kier molecular flexibility index (Phi) is 8.05. The van der Waals surface area contributed by atoms with Crippen LogP contribution in [0.5, 0.6) is 0 Å². The summed E-state index contributed by atoms with van der Waals surface area (Å²) in [6, 6.07) is 10.0. The lowest BCUT2D eigenvalue weighted by Gasteiger charge is -2.31. The SMILES string of the molecule is Cc1cn(-c2ccc3c(c2)CCN(C(=O)OC(C)(C)C)C3)nc1Nc1ccc(NC2CCCCO2)c(C=N)c1Cl. The molecule has 0 bridgehead atoms. The zero-order chi connectivity index (χ0) is 28.4. The first-order valence-electron chi connectivity index (χ1n) is 13.8. The maximum atomic E-state index is 12.5. The summed E-state index contributed by atoms with van der Waals surface area (Å²) in [4.78, 5) is 14.3. The van der Waals surface area contributed by atoms with Gasteiger partial charge in [0.15, 0.2) is 5.82 Å². The molecular formula is C30H37ClN6O3. The molecule has 212 valence electrons. The number of rotatable bonds is 6. The van der Waals surface area contributed by atoms with Gasteiger partial charge < -0.3 is 30.4 Å². The second kappa shape index (κ2) is 11.5. The largest absolute Gasteiger partial charge is 0.444 e. The number of carbonyl (C=O) groups is 1. The Morgan fingerprint density at radius 1 is 1.20 bits per heavy atom. The fourth-order valence-corrected chi connectivity index (χ4v) is 5.26. The van der Waals surface area contributed by atoms with Gasteiger partial charge in [-0.15, -0.1) is 5.10 Å². The number of anilines is 3. The van der Waals surface area contributed by atoms with Gasteiger partial charge in [0.25, 0.3) is 0 Å². The molecule has 2 aromatic carbocycles.